The molecule has 10 heavy (non-hydrogen) atoms. The molecule has 0 saturated heterocycles. The molecule has 0 unspecified atom stereocenters. The third kappa shape index (κ3) is 4.30. The van der Waals surface area contributed by atoms with Crippen LogP contribution in [0, 0.1) is 5.92 Å². The maximum Gasteiger partial charge on any atom is 0.0698 e. The number of ether oxygens (including phenoxy) is 1. The van der Waals surface area contributed by atoms with Gasteiger partial charge >= 0.3 is 0 Å². The van der Waals surface area contributed by atoms with Crippen LogP contribution < -0.4 is 0 Å². The van der Waals surface area contributed by atoms with Gasteiger partial charge in [-0.05, 0) is 0 Å². The van der Waals surface area contributed by atoms with Crippen LogP contribution in [0.15, 0.2) is 25.3 Å². The first-order chi connectivity index (χ1) is 4.85. The lowest BCUT2D eigenvalue weighted by Gasteiger charge is -2.05. The highest BCUT2D eigenvalue weighted by Crippen LogP contribution is 1.98. The molecule has 0 aliphatic rings. The Morgan fingerprint density at radius 1 is 1.40 bits per heavy atom. The Bertz CT molecular complexity index is 91.4. The average Bonchev–Trinajstić information content (AvgIpc) is 1.99. The highest BCUT2D eigenvalue weighted by Gasteiger charge is 1.96. The fourth-order valence-electron chi connectivity index (χ4n) is 0.516. The van der Waals surface area contributed by atoms with Crippen molar-refractivity contribution >= 4 is 0 Å². The first kappa shape index (κ1) is 9.40. The molecule has 0 atom stereocenters. The summed E-state index contributed by atoms with van der Waals surface area (Å²) in [6.07, 6.45) is 3.54. The van der Waals surface area contributed by atoms with E-state index in [1.807, 2.05) is 0 Å². The highest BCUT2D eigenvalue weighted by atomic mass is 16.5. The van der Waals surface area contributed by atoms with Crippen molar-refractivity contribution < 1.29 is 9.84 Å². The lowest BCUT2D eigenvalue weighted by Crippen LogP contribution is -2.07. The largest absolute Gasteiger partial charge is 0.394 e. The Hall–Kier alpha value is -0.600. The summed E-state index contributed by atoms with van der Waals surface area (Å²) in [4.78, 5) is 0. The van der Waals surface area contributed by atoms with Gasteiger partial charge in [-0.25, -0.2) is 0 Å². The second-order valence-electron chi connectivity index (χ2n) is 1.93. The molecular formula is C8H14O2. The molecule has 0 saturated carbocycles. The van der Waals surface area contributed by atoms with Crippen LogP contribution in [-0.4, -0.2) is 24.9 Å². The van der Waals surface area contributed by atoms with Gasteiger partial charge in [0.2, 0.25) is 0 Å². The minimum Gasteiger partial charge on any atom is -0.394 e. The number of aliphatic hydroxyl groups excluding tert-OH is 1. The lowest BCUT2D eigenvalue weighted by atomic mass is 10.2. The Morgan fingerprint density at radius 3 is 2.40 bits per heavy atom. The van der Waals surface area contributed by atoms with E-state index in [0.717, 1.165) is 0 Å². The summed E-state index contributed by atoms with van der Waals surface area (Å²) >= 11 is 0. The van der Waals surface area contributed by atoms with Crippen molar-refractivity contribution in [2.24, 2.45) is 5.92 Å². The number of hydrogen-bond acceptors (Lipinski definition) is 2. The summed E-state index contributed by atoms with van der Waals surface area (Å²) in [7, 11) is 0. The minimum absolute atomic E-state index is 0.0704. The average molecular weight is 142 g/mol. The van der Waals surface area contributed by atoms with Crippen LogP contribution in [0.1, 0.15) is 0 Å². The molecule has 0 fully saturated rings. The summed E-state index contributed by atoms with van der Waals surface area (Å²) in [6, 6.07) is 0. The van der Waals surface area contributed by atoms with Gasteiger partial charge in [-0.2, -0.15) is 0 Å². The van der Waals surface area contributed by atoms with Gasteiger partial charge in [0.25, 0.3) is 0 Å². The molecule has 0 aromatic rings. The molecule has 0 aliphatic heterocycles. The molecule has 2 nitrogen and oxygen atoms in total. The molecule has 0 aromatic heterocycles. The smallest absolute Gasteiger partial charge is 0.0698 e. The maximum absolute atomic E-state index is 8.35. The van der Waals surface area contributed by atoms with Gasteiger partial charge in [-0.15, -0.1) is 13.2 Å². The summed E-state index contributed by atoms with van der Waals surface area (Å²) < 4.78 is 5.03. The fraction of sp³-hybridized carbons (Fsp3) is 0.500. The molecule has 0 spiro atoms. The van der Waals surface area contributed by atoms with E-state index in [1.54, 1.807) is 12.2 Å². The third-order valence-corrected chi connectivity index (χ3v) is 1.15. The second kappa shape index (κ2) is 6.52. The van der Waals surface area contributed by atoms with Crippen LogP contribution in [0.25, 0.3) is 0 Å². The van der Waals surface area contributed by atoms with Gasteiger partial charge in [-0.1, -0.05) is 12.2 Å². The summed E-state index contributed by atoms with van der Waals surface area (Å²) in [5.74, 6) is 0.201. The predicted molar refractivity (Wildman–Crippen MR) is 41.8 cm³/mol. The van der Waals surface area contributed by atoms with E-state index in [2.05, 4.69) is 13.2 Å². The fourth-order valence-corrected chi connectivity index (χ4v) is 0.516. The van der Waals surface area contributed by atoms with Gasteiger partial charge in [0.05, 0.1) is 19.8 Å². The Kier molecular flexibility index (Phi) is 6.13. The molecule has 0 aliphatic carbocycles. The molecule has 0 bridgehead atoms. The van der Waals surface area contributed by atoms with E-state index in [-0.39, 0.29) is 12.5 Å². The van der Waals surface area contributed by atoms with Crippen molar-refractivity contribution in [3.63, 3.8) is 0 Å². The van der Waals surface area contributed by atoms with Crippen molar-refractivity contribution in [2.45, 2.75) is 0 Å². The molecule has 2 heteroatoms. The standard InChI is InChI=1S/C8H14O2/c1-3-8(4-2)7-10-6-5-9/h3-4,8-9H,1-2,5-7H2. The predicted octanol–water partition coefficient (Wildman–Crippen LogP) is 0.983. The number of rotatable bonds is 6. The molecule has 0 amide bonds. The van der Waals surface area contributed by atoms with E-state index < -0.39 is 0 Å². The Balaban J connectivity index is 3.25. The minimum atomic E-state index is 0.0704. The van der Waals surface area contributed by atoms with Gasteiger partial charge in [0.15, 0.2) is 0 Å². The van der Waals surface area contributed by atoms with Crippen molar-refractivity contribution in [3.8, 4) is 0 Å². The zero-order valence-electron chi connectivity index (χ0n) is 6.12. The van der Waals surface area contributed by atoms with E-state index in [9.17, 15) is 0 Å². The monoisotopic (exact) mass is 142 g/mol. The van der Waals surface area contributed by atoms with Crippen LogP contribution in [0.2, 0.25) is 0 Å². The third-order valence-electron chi connectivity index (χ3n) is 1.15. The highest BCUT2D eigenvalue weighted by molar-refractivity contribution is 4.91. The molecule has 1 N–H and O–H groups in total. The molecule has 0 rings (SSSR count). The summed E-state index contributed by atoms with van der Waals surface area (Å²) in [5, 5.41) is 8.35. The van der Waals surface area contributed by atoms with Gasteiger partial charge < -0.3 is 9.84 Å². The zero-order valence-corrected chi connectivity index (χ0v) is 6.12. The van der Waals surface area contributed by atoms with Crippen molar-refractivity contribution in [1.82, 2.24) is 0 Å². The molecule has 58 valence electrons. The topological polar surface area (TPSA) is 29.5 Å². The van der Waals surface area contributed by atoms with Crippen LogP contribution in [0.4, 0.5) is 0 Å². The van der Waals surface area contributed by atoms with Gasteiger partial charge in [0, 0.05) is 5.92 Å². The van der Waals surface area contributed by atoms with E-state index in [0.29, 0.717) is 13.2 Å². The van der Waals surface area contributed by atoms with Crippen molar-refractivity contribution in [1.29, 1.82) is 0 Å². The van der Waals surface area contributed by atoms with Crippen molar-refractivity contribution in [2.75, 3.05) is 19.8 Å². The first-order valence-corrected chi connectivity index (χ1v) is 3.28. The Morgan fingerprint density at radius 2 is 2.00 bits per heavy atom. The molecule has 0 heterocycles. The lowest BCUT2D eigenvalue weighted by molar-refractivity contribution is 0.0845. The molecule has 0 aromatic carbocycles. The number of aliphatic hydroxyl groups is 1. The van der Waals surface area contributed by atoms with E-state index in [4.69, 9.17) is 9.84 Å². The SMILES string of the molecule is C=CC(C=C)COCCO. The van der Waals surface area contributed by atoms with Gasteiger partial charge in [0.1, 0.15) is 0 Å². The normalized spacial score (nSPS) is 9.80. The maximum atomic E-state index is 8.35. The zero-order chi connectivity index (χ0) is 7.82. The van der Waals surface area contributed by atoms with E-state index >= 15 is 0 Å². The summed E-state index contributed by atoms with van der Waals surface area (Å²) in [6.45, 7) is 8.21. The first-order valence-electron chi connectivity index (χ1n) is 3.28. The van der Waals surface area contributed by atoms with Crippen LogP contribution >= 0.6 is 0 Å². The van der Waals surface area contributed by atoms with Crippen LogP contribution in [0.3, 0.4) is 0 Å². The summed E-state index contributed by atoms with van der Waals surface area (Å²) in [5.41, 5.74) is 0. The van der Waals surface area contributed by atoms with Crippen LogP contribution in [-0.2, 0) is 4.74 Å². The Labute approximate surface area is 61.8 Å². The molecular weight excluding hydrogens is 128 g/mol. The van der Waals surface area contributed by atoms with Crippen molar-refractivity contribution in [3.05, 3.63) is 25.3 Å². The van der Waals surface area contributed by atoms with Gasteiger partial charge in [-0.3, -0.25) is 0 Å². The quantitative estimate of drug-likeness (QED) is 0.442. The molecule has 0 radical (unpaired) electrons. The second-order valence-corrected chi connectivity index (χ2v) is 1.93. The number of hydrogen-bond donors (Lipinski definition) is 1. The van der Waals surface area contributed by atoms with Crippen LogP contribution in [0.5, 0.6) is 0 Å². The van der Waals surface area contributed by atoms with E-state index in [1.165, 1.54) is 0 Å².